The van der Waals surface area contributed by atoms with Crippen LogP contribution >= 0.6 is 0 Å². The number of hydrogen-bond acceptors (Lipinski definition) is 4. The lowest BCUT2D eigenvalue weighted by Gasteiger charge is -2.16. The van der Waals surface area contributed by atoms with E-state index in [-0.39, 0.29) is 6.04 Å². The molecule has 0 bridgehead atoms. The third kappa shape index (κ3) is 3.61. The van der Waals surface area contributed by atoms with Gasteiger partial charge in [-0.2, -0.15) is 4.98 Å². The fraction of sp³-hybridized carbons (Fsp3) is 0.267. The summed E-state index contributed by atoms with van der Waals surface area (Å²) >= 11 is 0. The van der Waals surface area contributed by atoms with Crippen molar-refractivity contribution in [1.29, 1.82) is 0 Å². The summed E-state index contributed by atoms with van der Waals surface area (Å²) in [5.74, 6) is 1.23. The second-order valence-electron chi connectivity index (χ2n) is 4.53. The smallest absolute Gasteiger partial charge is 0.215 e. The van der Waals surface area contributed by atoms with Crippen LogP contribution in [0.25, 0.3) is 0 Å². The zero-order chi connectivity index (χ0) is 13.7. The van der Waals surface area contributed by atoms with Gasteiger partial charge in [0.25, 0.3) is 0 Å². The van der Waals surface area contributed by atoms with Gasteiger partial charge in [-0.3, -0.25) is 0 Å². The Labute approximate surface area is 113 Å². The maximum atomic E-state index is 5.91. The van der Waals surface area contributed by atoms with Crippen molar-refractivity contribution in [2.75, 3.05) is 18.2 Å². The molecule has 0 saturated heterocycles. The first-order valence-electron chi connectivity index (χ1n) is 6.30. The van der Waals surface area contributed by atoms with Gasteiger partial charge < -0.3 is 15.8 Å². The highest BCUT2D eigenvalue weighted by Gasteiger charge is 2.08. The van der Waals surface area contributed by atoms with Gasteiger partial charge in [0.1, 0.15) is 0 Å². The Bertz CT molecular complexity index is 528. The van der Waals surface area contributed by atoms with Crippen LogP contribution in [0.5, 0.6) is 5.88 Å². The van der Waals surface area contributed by atoms with Crippen molar-refractivity contribution < 1.29 is 4.74 Å². The van der Waals surface area contributed by atoms with Crippen LogP contribution in [0, 0.1) is 0 Å². The molecule has 2 aromatic rings. The van der Waals surface area contributed by atoms with Gasteiger partial charge in [-0.15, -0.1) is 0 Å². The molecule has 100 valence electrons. The summed E-state index contributed by atoms with van der Waals surface area (Å²) in [6, 6.07) is 14.1. The molecule has 0 aliphatic heterocycles. The molecular formula is C15H19N3O. The van der Waals surface area contributed by atoms with Crippen LogP contribution in [0.3, 0.4) is 0 Å². The van der Waals surface area contributed by atoms with E-state index in [1.165, 1.54) is 5.56 Å². The molecule has 1 heterocycles. The van der Waals surface area contributed by atoms with Crippen LogP contribution in [0.4, 0.5) is 11.5 Å². The molecule has 0 aliphatic carbocycles. The lowest BCUT2D eigenvalue weighted by atomic mass is 10.1. The van der Waals surface area contributed by atoms with E-state index < -0.39 is 0 Å². The number of nitrogens with two attached hydrogens (primary N) is 1. The average Bonchev–Trinajstić information content (AvgIpc) is 2.42. The van der Waals surface area contributed by atoms with Crippen LogP contribution in [-0.2, 0) is 6.42 Å². The number of nitrogens with zero attached hydrogens (tertiary/aromatic N) is 1. The van der Waals surface area contributed by atoms with Gasteiger partial charge in [-0.1, -0.05) is 30.3 Å². The number of aromatic nitrogens is 1. The van der Waals surface area contributed by atoms with E-state index in [2.05, 4.69) is 29.4 Å². The maximum absolute atomic E-state index is 5.91. The van der Waals surface area contributed by atoms with E-state index in [0.717, 1.165) is 6.42 Å². The number of pyridine rings is 1. The van der Waals surface area contributed by atoms with E-state index in [1.54, 1.807) is 19.2 Å². The van der Waals surface area contributed by atoms with E-state index in [9.17, 15) is 0 Å². The standard InChI is InChI=1S/C15H19N3O/c1-11(10-12-6-4-3-5-7-12)17-15-13(16)8-9-14(18-15)19-2/h3-9,11H,10,16H2,1-2H3,(H,17,18). The average molecular weight is 257 g/mol. The first-order chi connectivity index (χ1) is 9.19. The molecule has 0 saturated carbocycles. The van der Waals surface area contributed by atoms with Crippen molar-refractivity contribution in [3.05, 3.63) is 48.0 Å². The molecule has 0 aliphatic rings. The molecule has 0 radical (unpaired) electrons. The number of anilines is 2. The Morgan fingerprint density at radius 1 is 1.21 bits per heavy atom. The number of hydrogen-bond donors (Lipinski definition) is 2. The summed E-state index contributed by atoms with van der Waals surface area (Å²) < 4.78 is 5.10. The zero-order valence-corrected chi connectivity index (χ0v) is 11.3. The normalized spacial score (nSPS) is 11.9. The summed E-state index contributed by atoms with van der Waals surface area (Å²) in [5, 5.41) is 3.32. The highest BCUT2D eigenvalue weighted by atomic mass is 16.5. The molecule has 1 aromatic heterocycles. The quantitative estimate of drug-likeness (QED) is 0.864. The van der Waals surface area contributed by atoms with Gasteiger partial charge in [0.15, 0.2) is 5.82 Å². The molecule has 4 heteroatoms. The van der Waals surface area contributed by atoms with Crippen LogP contribution in [0.1, 0.15) is 12.5 Å². The number of methoxy groups -OCH3 is 1. The Kier molecular flexibility index (Phi) is 4.23. The van der Waals surface area contributed by atoms with Gasteiger partial charge in [0, 0.05) is 12.1 Å². The Morgan fingerprint density at radius 2 is 1.95 bits per heavy atom. The minimum absolute atomic E-state index is 0.240. The Balaban J connectivity index is 2.04. The van der Waals surface area contributed by atoms with Crippen molar-refractivity contribution in [3.63, 3.8) is 0 Å². The SMILES string of the molecule is COc1ccc(N)c(NC(C)Cc2ccccc2)n1. The minimum Gasteiger partial charge on any atom is -0.481 e. The first-order valence-corrected chi connectivity index (χ1v) is 6.30. The second kappa shape index (κ2) is 6.09. The molecule has 1 atom stereocenters. The largest absolute Gasteiger partial charge is 0.481 e. The number of nitrogens with one attached hydrogen (secondary N) is 1. The van der Waals surface area contributed by atoms with Crippen molar-refractivity contribution in [3.8, 4) is 5.88 Å². The van der Waals surface area contributed by atoms with Gasteiger partial charge >= 0.3 is 0 Å². The molecule has 4 nitrogen and oxygen atoms in total. The number of rotatable bonds is 5. The Morgan fingerprint density at radius 3 is 2.63 bits per heavy atom. The predicted octanol–water partition coefficient (Wildman–Crippen LogP) is 2.72. The van der Waals surface area contributed by atoms with Gasteiger partial charge in [0.05, 0.1) is 12.8 Å². The molecular weight excluding hydrogens is 238 g/mol. The van der Waals surface area contributed by atoms with Gasteiger partial charge in [-0.05, 0) is 25.0 Å². The monoisotopic (exact) mass is 257 g/mol. The second-order valence-corrected chi connectivity index (χ2v) is 4.53. The molecule has 0 fully saturated rings. The highest BCUT2D eigenvalue weighted by molar-refractivity contribution is 5.62. The zero-order valence-electron chi connectivity index (χ0n) is 11.3. The molecule has 0 amide bonds. The summed E-state index contributed by atoms with van der Waals surface area (Å²) in [6.07, 6.45) is 0.916. The molecule has 1 aromatic carbocycles. The van der Waals surface area contributed by atoms with E-state index in [4.69, 9.17) is 10.5 Å². The van der Waals surface area contributed by atoms with Crippen LogP contribution in [-0.4, -0.2) is 18.1 Å². The fourth-order valence-electron chi connectivity index (χ4n) is 1.93. The minimum atomic E-state index is 0.240. The van der Waals surface area contributed by atoms with E-state index >= 15 is 0 Å². The lowest BCUT2D eigenvalue weighted by Crippen LogP contribution is -2.19. The van der Waals surface area contributed by atoms with Crippen molar-refractivity contribution in [2.24, 2.45) is 0 Å². The van der Waals surface area contributed by atoms with Gasteiger partial charge in [-0.25, -0.2) is 0 Å². The highest BCUT2D eigenvalue weighted by Crippen LogP contribution is 2.20. The van der Waals surface area contributed by atoms with Gasteiger partial charge in [0.2, 0.25) is 5.88 Å². The van der Waals surface area contributed by atoms with Crippen LogP contribution in [0.2, 0.25) is 0 Å². The topological polar surface area (TPSA) is 60.2 Å². The summed E-state index contributed by atoms with van der Waals surface area (Å²) in [7, 11) is 1.59. The lowest BCUT2D eigenvalue weighted by molar-refractivity contribution is 0.398. The summed E-state index contributed by atoms with van der Waals surface area (Å²) in [5.41, 5.74) is 7.81. The summed E-state index contributed by atoms with van der Waals surface area (Å²) in [4.78, 5) is 4.31. The molecule has 2 rings (SSSR count). The predicted molar refractivity (Wildman–Crippen MR) is 78.4 cm³/mol. The van der Waals surface area contributed by atoms with Crippen LogP contribution < -0.4 is 15.8 Å². The van der Waals surface area contributed by atoms with E-state index in [1.807, 2.05) is 18.2 Å². The number of ether oxygens (including phenoxy) is 1. The fourth-order valence-corrected chi connectivity index (χ4v) is 1.93. The summed E-state index contributed by atoms with van der Waals surface area (Å²) in [6.45, 7) is 2.10. The van der Waals surface area contributed by atoms with E-state index in [0.29, 0.717) is 17.4 Å². The molecule has 19 heavy (non-hydrogen) atoms. The number of nitrogen functional groups attached to an aromatic ring is 1. The maximum Gasteiger partial charge on any atom is 0.215 e. The van der Waals surface area contributed by atoms with Crippen molar-refractivity contribution >= 4 is 11.5 Å². The number of benzene rings is 1. The Hall–Kier alpha value is -2.23. The third-order valence-electron chi connectivity index (χ3n) is 2.88. The van der Waals surface area contributed by atoms with Crippen molar-refractivity contribution in [1.82, 2.24) is 4.98 Å². The molecule has 1 unspecified atom stereocenters. The first kappa shape index (κ1) is 13.2. The molecule has 0 spiro atoms. The molecule has 3 N–H and O–H groups in total. The third-order valence-corrected chi connectivity index (χ3v) is 2.88. The van der Waals surface area contributed by atoms with Crippen molar-refractivity contribution in [2.45, 2.75) is 19.4 Å². The van der Waals surface area contributed by atoms with Crippen LogP contribution in [0.15, 0.2) is 42.5 Å².